The highest BCUT2D eigenvalue weighted by atomic mass is 19.1. The molecule has 3 rings (SSSR count). The average molecular weight is 272 g/mol. The predicted octanol–water partition coefficient (Wildman–Crippen LogP) is 3.72. The van der Waals surface area contributed by atoms with Crippen LogP contribution in [0.15, 0.2) is 23.3 Å². The van der Waals surface area contributed by atoms with Crippen LogP contribution in [0.4, 0.5) is 4.39 Å². The molecular formula is C17H21FN2. The largest absolute Gasteiger partial charge is 0.404 e. The quantitative estimate of drug-likeness (QED) is 0.833. The van der Waals surface area contributed by atoms with Crippen molar-refractivity contribution >= 4 is 11.8 Å². The predicted molar refractivity (Wildman–Crippen MR) is 81.4 cm³/mol. The number of nitrogens with zero attached hydrogens (tertiary/aromatic N) is 1. The van der Waals surface area contributed by atoms with E-state index in [1.54, 1.807) is 6.21 Å². The first-order chi connectivity index (χ1) is 9.53. The van der Waals surface area contributed by atoms with Crippen molar-refractivity contribution in [2.45, 2.75) is 51.0 Å². The molecule has 20 heavy (non-hydrogen) atoms. The highest BCUT2D eigenvalue weighted by molar-refractivity contribution is 6.10. The van der Waals surface area contributed by atoms with Gasteiger partial charge in [-0.3, -0.25) is 4.99 Å². The van der Waals surface area contributed by atoms with Crippen molar-refractivity contribution in [2.75, 3.05) is 0 Å². The van der Waals surface area contributed by atoms with E-state index in [1.165, 1.54) is 6.20 Å². The van der Waals surface area contributed by atoms with E-state index < -0.39 is 0 Å². The highest BCUT2D eigenvalue weighted by Crippen LogP contribution is 2.49. The molecule has 0 spiro atoms. The van der Waals surface area contributed by atoms with Gasteiger partial charge in [-0.1, -0.05) is 18.6 Å². The molecule has 3 heteroatoms. The van der Waals surface area contributed by atoms with E-state index in [0.717, 1.165) is 36.8 Å². The molecular weight excluding hydrogens is 251 g/mol. The maximum atomic E-state index is 14.8. The van der Waals surface area contributed by atoms with Crippen LogP contribution in [-0.2, 0) is 5.41 Å². The fraction of sp³-hybridized carbons (Fsp3) is 0.471. The van der Waals surface area contributed by atoms with Crippen LogP contribution < -0.4 is 5.73 Å². The van der Waals surface area contributed by atoms with E-state index in [0.29, 0.717) is 17.2 Å². The molecule has 2 nitrogen and oxygen atoms in total. The van der Waals surface area contributed by atoms with Gasteiger partial charge in [-0.05, 0) is 49.7 Å². The summed E-state index contributed by atoms with van der Waals surface area (Å²) in [6.07, 6.45) is 7.58. The number of hydrogen-bond acceptors (Lipinski definition) is 2. The first-order valence-electron chi connectivity index (χ1n) is 7.29. The summed E-state index contributed by atoms with van der Waals surface area (Å²) in [6.45, 7) is 4.13. The van der Waals surface area contributed by atoms with Crippen molar-refractivity contribution in [1.29, 1.82) is 0 Å². The van der Waals surface area contributed by atoms with Gasteiger partial charge in [-0.2, -0.15) is 0 Å². The maximum Gasteiger partial charge on any atom is 0.134 e. The van der Waals surface area contributed by atoms with Gasteiger partial charge in [0.2, 0.25) is 0 Å². The van der Waals surface area contributed by atoms with Crippen molar-refractivity contribution in [3.05, 3.63) is 40.8 Å². The number of allylic oxidation sites excluding steroid dienone is 1. The Balaban J connectivity index is 2.01. The van der Waals surface area contributed by atoms with Crippen LogP contribution in [0, 0.1) is 12.7 Å². The summed E-state index contributed by atoms with van der Waals surface area (Å²) >= 11 is 0. The highest BCUT2D eigenvalue weighted by Gasteiger charge is 2.41. The first kappa shape index (κ1) is 13.3. The lowest BCUT2D eigenvalue weighted by molar-refractivity contribution is 0.582. The molecule has 0 atom stereocenters. The Kier molecular flexibility index (Phi) is 3.15. The standard InChI is InChI=1S/C17H21FN2/c1-11-7-14(12(9-19)10-20-13-3-4-13)16(18)15(8-11)17(2)5-6-17/h7-10,13H,3-6,19H2,1-2H3/b12-9+,20-10?. The van der Waals surface area contributed by atoms with Gasteiger partial charge in [0.05, 0.1) is 6.04 Å². The summed E-state index contributed by atoms with van der Waals surface area (Å²) < 4.78 is 14.8. The summed E-state index contributed by atoms with van der Waals surface area (Å²) in [7, 11) is 0. The zero-order chi connectivity index (χ0) is 14.3. The van der Waals surface area contributed by atoms with Crippen molar-refractivity contribution in [3.8, 4) is 0 Å². The molecule has 2 fully saturated rings. The second-order valence-electron chi connectivity index (χ2n) is 6.37. The second kappa shape index (κ2) is 4.72. The van der Waals surface area contributed by atoms with Crippen LogP contribution in [0.5, 0.6) is 0 Å². The van der Waals surface area contributed by atoms with Crippen LogP contribution in [-0.4, -0.2) is 12.3 Å². The number of nitrogens with two attached hydrogens (primary N) is 1. The summed E-state index contributed by atoms with van der Waals surface area (Å²) in [5.74, 6) is -0.130. The van der Waals surface area contributed by atoms with E-state index in [9.17, 15) is 4.39 Å². The molecule has 0 unspecified atom stereocenters. The molecule has 2 aliphatic carbocycles. The summed E-state index contributed by atoms with van der Waals surface area (Å²) in [4.78, 5) is 4.42. The van der Waals surface area contributed by atoms with Crippen LogP contribution in [0.25, 0.3) is 5.57 Å². The molecule has 0 aromatic heterocycles. The van der Waals surface area contributed by atoms with Crippen molar-refractivity contribution in [1.82, 2.24) is 0 Å². The lowest BCUT2D eigenvalue weighted by Gasteiger charge is -2.15. The van der Waals surface area contributed by atoms with Crippen LogP contribution in [0.1, 0.15) is 49.3 Å². The molecule has 106 valence electrons. The van der Waals surface area contributed by atoms with Crippen LogP contribution in [0.3, 0.4) is 0 Å². The summed E-state index contributed by atoms with van der Waals surface area (Å²) in [6, 6.07) is 4.25. The van der Waals surface area contributed by atoms with Gasteiger partial charge < -0.3 is 5.73 Å². The average Bonchev–Trinajstić information content (AvgIpc) is 3.31. The van der Waals surface area contributed by atoms with E-state index in [4.69, 9.17) is 5.73 Å². The first-order valence-corrected chi connectivity index (χ1v) is 7.29. The maximum absolute atomic E-state index is 14.8. The smallest absolute Gasteiger partial charge is 0.134 e. The molecule has 0 saturated heterocycles. The Labute approximate surface area is 119 Å². The van der Waals surface area contributed by atoms with Crippen LogP contribution >= 0.6 is 0 Å². The van der Waals surface area contributed by atoms with Gasteiger partial charge >= 0.3 is 0 Å². The minimum absolute atomic E-state index is 0.0121. The lowest BCUT2D eigenvalue weighted by Crippen LogP contribution is -2.08. The van der Waals surface area contributed by atoms with Gasteiger partial charge in [0.1, 0.15) is 5.82 Å². The Morgan fingerprint density at radius 1 is 1.40 bits per heavy atom. The van der Waals surface area contributed by atoms with Gasteiger partial charge in [0.25, 0.3) is 0 Å². The third-order valence-corrected chi connectivity index (χ3v) is 4.33. The van der Waals surface area contributed by atoms with Crippen molar-refractivity contribution < 1.29 is 4.39 Å². The van der Waals surface area contributed by atoms with E-state index >= 15 is 0 Å². The monoisotopic (exact) mass is 272 g/mol. The number of halogens is 1. The summed E-state index contributed by atoms with van der Waals surface area (Å²) in [5, 5.41) is 0. The van der Waals surface area contributed by atoms with Gasteiger partial charge in [-0.25, -0.2) is 4.39 Å². The van der Waals surface area contributed by atoms with Crippen molar-refractivity contribution in [2.24, 2.45) is 10.7 Å². The fourth-order valence-electron chi connectivity index (χ4n) is 2.49. The second-order valence-corrected chi connectivity index (χ2v) is 6.37. The van der Waals surface area contributed by atoms with E-state index in [1.807, 2.05) is 19.1 Å². The van der Waals surface area contributed by atoms with Gasteiger partial charge in [-0.15, -0.1) is 0 Å². The number of benzene rings is 1. The minimum atomic E-state index is -0.130. The van der Waals surface area contributed by atoms with E-state index in [2.05, 4.69) is 11.9 Å². The lowest BCUT2D eigenvalue weighted by atomic mass is 9.91. The molecule has 0 aliphatic heterocycles. The molecule has 0 amide bonds. The minimum Gasteiger partial charge on any atom is -0.404 e. The number of aryl methyl sites for hydroxylation is 1. The summed E-state index contributed by atoms with van der Waals surface area (Å²) in [5.41, 5.74) is 8.86. The van der Waals surface area contributed by atoms with Crippen molar-refractivity contribution in [3.63, 3.8) is 0 Å². The molecule has 0 bridgehead atoms. The molecule has 2 N–H and O–H groups in total. The number of rotatable bonds is 4. The molecule has 2 aliphatic rings. The van der Waals surface area contributed by atoms with Gasteiger partial charge in [0.15, 0.2) is 0 Å². The fourth-order valence-corrected chi connectivity index (χ4v) is 2.49. The Morgan fingerprint density at radius 2 is 2.10 bits per heavy atom. The number of hydrogen-bond donors (Lipinski definition) is 1. The number of aliphatic imine (C=N–C) groups is 1. The molecule has 2 saturated carbocycles. The Morgan fingerprint density at radius 3 is 2.65 bits per heavy atom. The third-order valence-electron chi connectivity index (χ3n) is 4.33. The SMILES string of the molecule is Cc1cc(/C(C=NC2CC2)=C/N)c(F)c(C2(C)CC2)c1. The zero-order valence-corrected chi connectivity index (χ0v) is 12.1. The topological polar surface area (TPSA) is 38.4 Å². The Hall–Kier alpha value is -1.64. The Bertz CT molecular complexity index is 593. The van der Waals surface area contributed by atoms with Crippen LogP contribution in [0.2, 0.25) is 0 Å². The van der Waals surface area contributed by atoms with Gasteiger partial charge in [0, 0.05) is 23.6 Å². The zero-order valence-electron chi connectivity index (χ0n) is 12.1. The molecule has 1 aromatic rings. The molecule has 0 radical (unpaired) electrons. The molecule has 0 heterocycles. The van der Waals surface area contributed by atoms with E-state index in [-0.39, 0.29) is 11.2 Å². The molecule has 1 aromatic carbocycles. The normalized spacial score (nSPS) is 21.4. The third kappa shape index (κ3) is 2.49.